The maximum Gasteiger partial charge on any atom is 0.330 e. The molecule has 1 amide bonds. The number of carbonyl (C=O) groups excluding carboxylic acids is 1. The lowest BCUT2D eigenvalue weighted by Gasteiger charge is -2.24. The fraction of sp³-hybridized carbons (Fsp3) is 0.467. The highest BCUT2D eigenvalue weighted by molar-refractivity contribution is 7.99. The molecule has 25 heavy (non-hydrogen) atoms. The highest BCUT2D eigenvalue weighted by atomic mass is 32.2. The molecule has 3 N–H and O–H groups in total. The average Bonchev–Trinajstić information content (AvgIpc) is 3.05. The standard InChI is InChI=1S/C15H20N2O6S2/c1-23-8-7-16-25(21,22)12-4-2-11(3-5-12)13(18)17-15(14(19)20)6-9-24-10-15/h2-5,16H,6-10H2,1H3,(H,17,18)(H,19,20). The number of aliphatic carboxylic acids is 1. The van der Waals surface area contributed by atoms with Gasteiger partial charge in [-0.1, -0.05) is 0 Å². The van der Waals surface area contributed by atoms with E-state index in [-0.39, 0.29) is 23.6 Å². The van der Waals surface area contributed by atoms with Gasteiger partial charge in [-0.25, -0.2) is 17.9 Å². The summed E-state index contributed by atoms with van der Waals surface area (Å²) in [6.07, 6.45) is 0.356. The molecule has 0 aromatic heterocycles. The zero-order valence-corrected chi connectivity index (χ0v) is 15.3. The Hall–Kier alpha value is -1.62. The third-order valence-electron chi connectivity index (χ3n) is 3.81. The minimum absolute atomic E-state index is 0.0181. The average molecular weight is 388 g/mol. The van der Waals surface area contributed by atoms with Crippen molar-refractivity contribution in [1.29, 1.82) is 0 Å². The first kappa shape index (κ1) is 19.7. The highest BCUT2D eigenvalue weighted by Gasteiger charge is 2.43. The van der Waals surface area contributed by atoms with E-state index in [4.69, 9.17) is 4.74 Å². The van der Waals surface area contributed by atoms with Crippen LogP contribution in [0.25, 0.3) is 0 Å². The second-order valence-corrected chi connectivity index (χ2v) is 8.43. The third kappa shape index (κ3) is 4.72. The zero-order chi connectivity index (χ0) is 18.5. The number of carboxylic acid groups (broad SMARTS) is 1. The summed E-state index contributed by atoms with van der Waals surface area (Å²) in [5.41, 5.74) is -1.07. The molecule has 1 fully saturated rings. The molecular weight excluding hydrogens is 368 g/mol. The fourth-order valence-corrected chi connectivity index (χ4v) is 4.66. The van der Waals surface area contributed by atoms with Crippen LogP contribution in [0.1, 0.15) is 16.8 Å². The first-order chi connectivity index (χ1) is 11.8. The molecule has 1 saturated heterocycles. The summed E-state index contributed by atoms with van der Waals surface area (Å²) in [7, 11) is -2.22. The number of sulfonamides is 1. The van der Waals surface area contributed by atoms with Crippen molar-refractivity contribution < 1.29 is 27.9 Å². The van der Waals surface area contributed by atoms with Crippen molar-refractivity contribution in [3.63, 3.8) is 0 Å². The SMILES string of the molecule is COCCNS(=O)(=O)c1ccc(C(=O)NC2(C(=O)O)CCSC2)cc1. The van der Waals surface area contributed by atoms with Crippen LogP contribution in [-0.4, -0.2) is 62.7 Å². The summed E-state index contributed by atoms with van der Waals surface area (Å²) in [6.45, 7) is 0.384. The first-order valence-electron chi connectivity index (χ1n) is 7.53. The topological polar surface area (TPSA) is 122 Å². The molecule has 1 heterocycles. The minimum atomic E-state index is -3.68. The molecule has 138 valence electrons. The number of hydrogen-bond donors (Lipinski definition) is 3. The van der Waals surface area contributed by atoms with Crippen LogP contribution in [0.5, 0.6) is 0 Å². The van der Waals surface area contributed by atoms with Crippen LogP contribution >= 0.6 is 11.8 Å². The molecular formula is C15H20N2O6S2. The van der Waals surface area contributed by atoms with E-state index in [1.165, 1.54) is 43.1 Å². The summed E-state index contributed by atoms with van der Waals surface area (Å²) in [4.78, 5) is 23.8. The Morgan fingerprint density at radius 2 is 2.00 bits per heavy atom. The number of methoxy groups -OCH3 is 1. The van der Waals surface area contributed by atoms with E-state index in [0.717, 1.165) is 0 Å². The fourth-order valence-electron chi connectivity index (χ4n) is 2.32. The van der Waals surface area contributed by atoms with E-state index in [1.807, 2.05) is 0 Å². The van der Waals surface area contributed by atoms with E-state index in [0.29, 0.717) is 17.9 Å². The van der Waals surface area contributed by atoms with Crippen LogP contribution in [0, 0.1) is 0 Å². The molecule has 0 spiro atoms. The molecule has 0 aliphatic carbocycles. The van der Waals surface area contributed by atoms with Crippen molar-refractivity contribution in [2.45, 2.75) is 16.9 Å². The van der Waals surface area contributed by atoms with Crippen LogP contribution in [0.4, 0.5) is 0 Å². The molecule has 0 bridgehead atoms. The second kappa shape index (κ2) is 8.17. The van der Waals surface area contributed by atoms with Crippen LogP contribution in [0.15, 0.2) is 29.2 Å². The highest BCUT2D eigenvalue weighted by Crippen LogP contribution is 2.28. The lowest BCUT2D eigenvalue weighted by molar-refractivity contribution is -0.143. The van der Waals surface area contributed by atoms with Gasteiger partial charge in [-0.15, -0.1) is 0 Å². The monoisotopic (exact) mass is 388 g/mol. The van der Waals surface area contributed by atoms with Crippen LogP contribution in [-0.2, 0) is 19.6 Å². The predicted octanol–water partition coefficient (Wildman–Crippen LogP) is 0.301. The van der Waals surface area contributed by atoms with Gasteiger partial charge in [0.2, 0.25) is 10.0 Å². The Balaban J connectivity index is 2.09. The quantitative estimate of drug-likeness (QED) is 0.548. The Bertz CT molecular complexity index is 727. The summed E-state index contributed by atoms with van der Waals surface area (Å²) < 4.78 is 31.3. The Morgan fingerprint density at radius 3 is 2.52 bits per heavy atom. The van der Waals surface area contributed by atoms with E-state index in [1.54, 1.807) is 0 Å². The zero-order valence-electron chi connectivity index (χ0n) is 13.6. The van der Waals surface area contributed by atoms with Gasteiger partial charge in [0.15, 0.2) is 0 Å². The van der Waals surface area contributed by atoms with E-state index in [9.17, 15) is 23.1 Å². The number of ether oxygens (including phenoxy) is 1. The summed E-state index contributed by atoms with van der Waals surface area (Å²) in [6, 6.07) is 5.33. The number of amides is 1. The molecule has 1 aliphatic heterocycles. The van der Waals surface area contributed by atoms with Gasteiger partial charge in [0.05, 0.1) is 11.5 Å². The molecule has 2 rings (SSSR count). The van der Waals surface area contributed by atoms with Crippen molar-refractivity contribution in [3.8, 4) is 0 Å². The molecule has 1 atom stereocenters. The Kier molecular flexibility index (Phi) is 6.44. The molecule has 10 heteroatoms. The van der Waals surface area contributed by atoms with Gasteiger partial charge in [0.1, 0.15) is 5.54 Å². The van der Waals surface area contributed by atoms with Crippen LogP contribution in [0.2, 0.25) is 0 Å². The lowest BCUT2D eigenvalue weighted by Crippen LogP contribution is -2.54. The van der Waals surface area contributed by atoms with Gasteiger partial charge >= 0.3 is 5.97 Å². The predicted molar refractivity (Wildman–Crippen MR) is 93.3 cm³/mol. The van der Waals surface area contributed by atoms with Crippen LogP contribution in [0.3, 0.4) is 0 Å². The van der Waals surface area contributed by atoms with Crippen LogP contribution < -0.4 is 10.0 Å². The summed E-state index contributed by atoms with van der Waals surface area (Å²) in [5, 5.41) is 12.0. The Labute approximate surface area is 150 Å². The van der Waals surface area contributed by atoms with Gasteiger partial charge in [0, 0.05) is 25.0 Å². The molecule has 0 saturated carbocycles. The number of benzene rings is 1. The van der Waals surface area contributed by atoms with Gasteiger partial charge < -0.3 is 15.2 Å². The smallest absolute Gasteiger partial charge is 0.330 e. The van der Waals surface area contributed by atoms with Crippen molar-refractivity contribution >= 4 is 33.7 Å². The molecule has 1 aliphatic rings. The number of nitrogens with one attached hydrogen (secondary N) is 2. The number of carboxylic acids is 1. The number of rotatable bonds is 8. The van der Waals surface area contributed by atoms with Gasteiger partial charge in [-0.2, -0.15) is 11.8 Å². The summed E-state index contributed by atoms with van der Waals surface area (Å²) >= 11 is 1.47. The van der Waals surface area contributed by atoms with Gasteiger partial charge in [-0.05, 0) is 36.4 Å². The van der Waals surface area contributed by atoms with Crippen molar-refractivity contribution in [3.05, 3.63) is 29.8 Å². The maximum absolute atomic E-state index is 12.3. The summed E-state index contributed by atoms with van der Waals surface area (Å²) in [5.74, 6) is -0.630. The normalized spacial score (nSPS) is 20.4. The first-order valence-corrected chi connectivity index (χ1v) is 10.2. The number of carbonyl (C=O) groups is 2. The lowest BCUT2D eigenvalue weighted by atomic mass is 9.98. The molecule has 0 radical (unpaired) electrons. The van der Waals surface area contributed by atoms with Gasteiger partial charge in [0.25, 0.3) is 5.91 Å². The van der Waals surface area contributed by atoms with Crippen molar-refractivity contribution in [1.82, 2.24) is 10.0 Å². The Morgan fingerprint density at radius 1 is 1.32 bits per heavy atom. The van der Waals surface area contributed by atoms with E-state index in [2.05, 4.69) is 10.0 Å². The molecule has 1 unspecified atom stereocenters. The maximum atomic E-state index is 12.3. The minimum Gasteiger partial charge on any atom is -0.479 e. The number of hydrogen-bond acceptors (Lipinski definition) is 6. The molecule has 1 aromatic carbocycles. The van der Waals surface area contributed by atoms with Gasteiger partial charge in [-0.3, -0.25) is 4.79 Å². The van der Waals surface area contributed by atoms with Crippen molar-refractivity contribution in [2.24, 2.45) is 0 Å². The second-order valence-electron chi connectivity index (χ2n) is 5.56. The molecule has 8 nitrogen and oxygen atoms in total. The van der Waals surface area contributed by atoms with E-state index >= 15 is 0 Å². The largest absolute Gasteiger partial charge is 0.479 e. The van der Waals surface area contributed by atoms with Crippen molar-refractivity contribution in [2.75, 3.05) is 31.8 Å². The third-order valence-corrected chi connectivity index (χ3v) is 6.48. The number of thioether (sulfide) groups is 1. The van der Waals surface area contributed by atoms with E-state index < -0.39 is 27.4 Å². The molecule has 1 aromatic rings.